The van der Waals surface area contributed by atoms with Crippen molar-refractivity contribution in [2.75, 3.05) is 0 Å². The molecule has 0 saturated heterocycles. The number of hydrogen-bond acceptors (Lipinski definition) is 6. The molecule has 0 spiro atoms. The number of rotatable bonds is 0. The Balaban J connectivity index is 2.14. The van der Waals surface area contributed by atoms with Crippen LogP contribution in [0, 0.1) is 0 Å². The van der Waals surface area contributed by atoms with E-state index in [1.807, 2.05) is 0 Å². The van der Waals surface area contributed by atoms with Crippen LogP contribution in [0.4, 0.5) is 0 Å². The van der Waals surface area contributed by atoms with Gasteiger partial charge in [0.2, 0.25) is 0 Å². The molecule has 5 rings (SSSR count). The third-order valence-corrected chi connectivity index (χ3v) is 3.76. The van der Waals surface area contributed by atoms with Crippen LogP contribution in [0.15, 0.2) is 46.8 Å². The summed E-state index contributed by atoms with van der Waals surface area (Å²) in [5.74, 6) is 0. The molecule has 0 bridgehead atoms. The van der Waals surface area contributed by atoms with Crippen LogP contribution in [0.3, 0.4) is 0 Å². The van der Waals surface area contributed by atoms with Gasteiger partial charge in [-0.3, -0.25) is 18.4 Å². The van der Waals surface area contributed by atoms with Crippen LogP contribution in [0.2, 0.25) is 0 Å². The minimum absolute atomic E-state index is 0.245. The van der Waals surface area contributed by atoms with Crippen molar-refractivity contribution in [2.24, 2.45) is 0 Å². The molecule has 0 radical (unpaired) electrons. The second-order valence-electron chi connectivity index (χ2n) is 4.96. The minimum atomic E-state index is -0.315. The maximum Gasteiger partial charge on any atom is 0.279 e. The summed E-state index contributed by atoms with van der Waals surface area (Å²) >= 11 is 0. The zero-order valence-electron chi connectivity index (χ0n) is 11.0. The van der Waals surface area contributed by atoms with E-state index in [1.54, 1.807) is 12.1 Å². The second kappa shape index (κ2) is 3.61. The molecular formula is C14H6N6O2. The maximum atomic E-state index is 12.7. The first kappa shape index (κ1) is 11.3. The van der Waals surface area contributed by atoms with Gasteiger partial charge in [0.1, 0.15) is 34.7 Å². The summed E-state index contributed by atoms with van der Waals surface area (Å²) in [4.78, 5) is 41.6. The Labute approximate surface area is 120 Å². The number of pyridine rings is 2. The standard InChI is InChI=1S/C14H6N6O2/c21-13-11-1-7-9(17-5-15-7)3-19(11)14(22)12-2-8-10(4-20(12)13)18-6-16-8/h1-6H. The Kier molecular flexibility index (Phi) is 1.85. The Bertz CT molecular complexity index is 1120. The molecule has 0 amide bonds. The fourth-order valence-electron chi connectivity index (χ4n) is 2.69. The lowest BCUT2D eigenvalue weighted by molar-refractivity contribution is 1.01. The van der Waals surface area contributed by atoms with Crippen LogP contribution >= 0.6 is 0 Å². The second-order valence-corrected chi connectivity index (χ2v) is 4.96. The highest BCUT2D eigenvalue weighted by atomic mass is 16.1. The van der Waals surface area contributed by atoms with Gasteiger partial charge >= 0.3 is 0 Å². The first-order chi connectivity index (χ1) is 10.7. The summed E-state index contributed by atoms with van der Waals surface area (Å²) < 4.78 is 2.60. The van der Waals surface area contributed by atoms with Crippen molar-refractivity contribution in [3.8, 4) is 0 Å². The molecule has 22 heavy (non-hydrogen) atoms. The van der Waals surface area contributed by atoms with E-state index in [2.05, 4.69) is 19.9 Å². The van der Waals surface area contributed by atoms with Gasteiger partial charge in [0, 0.05) is 12.4 Å². The highest BCUT2D eigenvalue weighted by Crippen LogP contribution is 2.12. The summed E-state index contributed by atoms with van der Waals surface area (Å²) in [6, 6.07) is 3.14. The molecule has 0 aliphatic heterocycles. The molecule has 0 aliphatic rings. The minimum Gasteiger partial charge on any atom is -0.275 e. The maximum absolute atomic E-state index is 12.7. The van der Waals surface area contributed by atoms with Crippen molar-refractivity contribution in [3.63, 3.8) is 0 Å². The van der Waals surface area contributed by atoms with E-state index in [4.69, 9.17) is 0 Å². The highest BCUT2D eigenvalue weighted by molar-refractivity contribution is 5.81. The fourth-order valence-corrected chi connectivity index (χ4v) is 2.69. The summed E-state index contributed by atoms with van der Waals surface area (Å²) in [7, 11) is 0. The summed E-state index contributed by atoms with van der Waals surface area (Å²) in [6.07, 6.45) is 5.85. The molecule has 0 aromatic carbocycles. The Morgan fingerprint density at radius 1 is 0.636 bits per heavy atom. The molecule has 5 aromatic heterocycles. The molecule has 0 fully saturated rings. The van der Waals surface area contributed by atoms with Gasteiger partial charge in [-0.1, -0.05) is 0 Å². The third kappa shape index (κ3) is 1.26. The van der Waals surface area contributed by atoms with E-state index >= 15 is 0 Å². The molecule has 0 saturated carbocycles. The number of nitrogens with zero attached hydrogens (tertiary/aromatic N) is 6. The van der Waals surface area contributed by atoms with Crippen LogP contribution < -0.4 is 11.1 Å². The quantitative estimate of drug-likeness (QED) is 0.379. The highest BCUT2D eigenvalue weighted by Gasteiger charge is 2.12. The smallest absolute Gasteiger partial charge is 0.275 e. The average molecular weight is 290 g/mol. The Morgan fingerprint density at radius 3 is 1.50 bits per heavy atom. The zero-order chi connectivity index (χ0) is 14.8. The molecule has 5 heterocycles. The van der Waals surface area contributed by atoms with Crippen molar-refractivity contribution in [3.05, 3.63) is 57.9 Å². The largest absolute Gasteiger partial charge is 0.279 e. The van der Waals surface area contributed by atoms with Crippen molar-refractivity contribution < 1.29 is 0 Å². The third-order valence-electron chi connectivity index (χ3n) is 3.76. The van der Waals surface area contributed by atoms with Gasteiger partial charge in [-0.25, -0.2) is 19.9 Å². The lowest BCUT2D eigenvalue weighted by atomic mass is 10.3. The van der Waals surface area contributed by atoms with Crippen LogP contribution in [0.1, 0.15) is 0 Å². The lowest BCUT2D eigenvalue weighted by Gasteiger charge is -2.05. The topological polar surface area (TPSA) is 94.5 Å². The molecule has 0 unspecified atom stereocenters. The Hall–Kier alpha value is -3.42. The lowest BCUT2D eigenvalue weighted by Crippen LogP contribution is -2.27. The number of aromatic nitrogens is 6. The van der Waals surface area contributed by atoms with Gasteiger partial charge in [-0.05, 0) is 12.1 Å². The molecule has 0 aliphatic carbocycles. The van der Waals surface area contributed by atoms with E-state index in [1.165, 1.54) is 33.8 Å². The van der Waals surface area contributed by atoms with Crippen molar-refractivity contribution in [2.45, 2.75) is 0 Å². The van der Waals surface area contributed by atoms with Gasteiger partial charge in [-0.15, -0.1) is 0 Å². The molecule has 8 heteroatoms. The molecule has 8 nitrogen and oxygen atoms in total. The SMILES string of the molecule is O=c1c2cc3ncnc3cn2c(=O)c2cc3ncnc3cn12. The summed E-state index contributed by atoms with van der Waals surface area (Å²) in [5, 5.41) is 0. The fraction of sp³-hybridized carbons (Fsp3) is 0. The van der Waals surface area contributed by atoms with Crippen LogP contribution in [-0.4, -0.2) is 28.7 Å². The van der Waals surface area contributed by atoms with Gasteiger partial charge < -0.3 is 0 Å². The van der Waals surface area contributed by atoms with E-state index in [-0.39, 0.29) is 22.2 Å². The van der Waals surface area contributed by atoms with E-state index in [0.717, 1.165) is 0 Å². The van der Waals surface area contributed by atoms with E-state index in [0.29, 0.717) is 22.1 Å². The zero-order valence-corrected chi connectivity index (χ0v) is 11.0. The molecule has 104 valence electrons. The predicted octanol–water partition coefficient (Wildman–Crippen LogP) is 0.237. The number of hydrogen-bond donors (Lipinski definition) is 0. The van der Waals surface area contributed by atoms with Crippen molar-refractivity contribution >= 4 is 33.1 Å². The van der Waals surface area contributed by atoms with Crippen LogP contribution in [-0.2, 0) is 0 Å². The van der Waals surface area contributed by atoms with E-state index in [9.17, 15) is 9.59 Å². The summed E-state index contributed by atoms with van der Waals surface area (Å²) in [6.45, 7) is 0. The molecular weight excluding hydrogens is 284 g/mol. The van der Waals surface area contributed by atoms with E-state index < -0.39 is 0 Å². The Morgan fingerprint density at radius 2 is 1.05 bits per heavy atom. The summed E-state index contributed by atoms with van der Waals surface area (Å²) in [5.41, 5.74) is 2.13. The first-order valence-electron chi connectivity index (χ1n) is 6.48. The predicted molar refractivity (Wildman–Crippen MR) is 78.3 cm³/mol. The van der Waals surface area contributed by atoms with Gasteiger partial charge in [0.15, 0.2) is 0 Å². The van der Waals surface area contributed by atoms with Gasteiger partial charge in [0.05, 0.1) is 11.0 Å². The molecule has 0 N–H and O–H groups in total. The van der Waals surface area contributed by atoms with Crippen LogP contribution in [0.25, 0.3) is 33.1 Å². The van der Waals surface area contributed by atoms with Gasteiger partial charge in [0.25, 0.3) is 11.1 Å². The first-order valence-corrected chi connectivity index (χ1v) is 6.48. The molecule has 0 atom stereocenters. The molecule has 5 aromatic rings. The number of imidazole rings is 2. The van der Waals surface area contributed by atoms with Crippen LogP contribution in [0.5, 0.6) is 0 Å². The van der Waals surface area contributed by atoms with Crippen molar-refractivity contribution in [1.29, 1.82) is 0 Å². The number of fused-ring (bicyclic) bond motifs is 4. The average Bonchev–Trinajstić information content (AvgIpc) is 3.17. The monoisotopic (exact) mass is 290 g/mol. The normalized spacial score (nSPS) is 12.0. The van der Waals surface area contributed by atoms with Gasteiger partial charge in [-0.2, -0.15) is 0 Å². The van der Waals surface area contributed by atoms with Crippen molar-refractivity contribution in [1.82, 2.24) is 28.7 Å².